The van der Waals surface area contributed by atoms with E-state index < -0.39 is 0 Å². The fourth-order valence-electron chi connectivity index (χ4n) is 3.83. The van der Waals surface area contributed by atoms with Crippen LogP contribution in [-0.2, 0) is 11.3 Å². The van der Waals surface area contributed by atoms with Gasteiger partial charge in [-0.05, 0) is 38.2 Å². The molecule has 0 spiro atoms. The molecule has 1 aromatic carbocycles. The van der Waals surface area contributed by atoms with Gasteiger partial charge in [-0.2, -0.15) is 0 Å². The molecular weight excluding hydrogens is 304 g/mol. The Labute approximate surface area is 143 Å². The van der Waals surface area contributed by atoms with Gasteiger partial charge in [0.15, 0.2) is 11.5 Å². The van der Waals surface area contributed by atoms with Gasteiger partial charge in [0.05, 0.1) is 26.1 Å². The van der Waals surface area contributed by atoms with Crippen molar-refractivity contribution >= 4 is 5.91 Å². The second kappa shape index (κ2) is 7.01. The number of amides is 1. The first-order valence-electron chi connectivity index (χ1n) is 9.32. The zero-order valence-electron chi connectivity index (χ0n) is 14.3. The highest BCUT2D eigenvalue weighted by atomic mass is 16.7. The smallest absolute Gasteiger partial charge is 0.231 e. The zero-order chi connectivity index (χ0) is 16.4. The quantitative estimate of drug-likeness (QED) is 0.856. The van der Waals surface area contributed by atoms with E-state index in [9.17, 15) is 4.79 Å². The SMILES string of the molecule is O=C(CC[NH+]1CCCCC1)N(Cc1cccc2c1OCO2)C1CC1. The van der Waals surface area contributed by atoms with Gasteiger partial charge in [0.1, 0.15) is 0 Å². The van der Waals surface area contributed by atoms with Crippen molar-refractivity contribution in [2.24, 2.45) is 0 Å². The van der Waals surface area contributed by atoms with E-state index in [0.29, 0.717) is 24.9 Å². The molecule has 0 unspecified atom stereocenters. The predicted molar refractivity (Wildman–Crippen MR) is 90.2 cm³/mol. The van der Waals surface area contributed by atoms with Crippen molar-refractivity contribution in [3.05, 3.63) is 23.8 Å². The van der Waals surface area contributed by atoms with Crippen LogP contribution in [0.3, 0.4) is 0 Å². The Kier molecular flexibility index (Phi) is 4.60. The van der Waals surface area contributed by atoms with Crippen LogP contribution in [0.15, 0.2) is 18.2 Å². The van der Waals surface area contributed by atoms with Gasteiger partial charge in [-0.15, -0.1) is 0 Å². The maximum atomic E-state index is 12.8. The number of nitrogens with one attached hydrogen (secondary N) is 1. The molecule has 24 heavy (non-hydrogen) atoms. The Morgan fingerprint density at radius 3 is 2.79 bits per heavy atom. The average molecular weight is 331 g/mol. The summed E-state index contributed by atoms with van der Waals surface area (Å²) in [5.74, 6) is 1.91. The number of likely N-dealkylation sites (tertiary alicyclic amines) is 1. The molecule has 2 aliphatic heterocycles. The van der Waals surface area contributed by atoms with Crippen LogP contribution in [0.1, 0.15) is 44.1 Å². The zero-order valence-corrected chi connectivity index (χ0v) is 14.3. The van der Waals surface area contributed by atoms with E-state index in [0.717, 1.165) is 36.4 Å². The van der Waals surface area contributed by atoms with Crippen LogP contribution in [-0.4, -0.2) is 43.3 Å². The summed E-state index contributed by atoms with van der Waals surface area (Å²) in [7, 11) is 0. The van der Waals surface area contributed by atoms with Gasteiger partial charge >= 0.3 is 0 Å². The number of ether oxygens (including phenoxy) is 2. The van der Waals surface area contributed by atoms with Crippen LogP contribution < -0.4 is 14.4 Å². The maximum absolute atomic E-state index is 12.8. The minimum absolute atomic E-state index is 0.280. The number of rotatable bonds is 6. The minimum atomic E-state index is 0.280. The lowest BCUT2D eigenvalue weighted by molar-refractivity contribution is -0.904. The number of benzene rings is 1. The van der Waals surface area contributed by atoms with Crippen molar-refractivity contribution in [3.8, 4) is 11.5 Å². The molecule has 5 heteroatoms. The maximum Gasteiger partial charge on any atom is 0.231 e. The van der Waals surface area contributed by atoms with Gasteiger partial charge in [-0.3, -0.25) is 4.79 Å². The molecule has 0 bridgehead atoms. The Hall–Kier alpha value is -1.75. The van der Waals surface area contributed by atoms with Gasteiger partial charge in [0.25, 0.3) is 0 Å². The molecule has 1 N–H and O–H groups in total. The van der Waals surface area contributed by atoms with Crippen molar-refractivity contribution in [1.82, 2.24) is 4.90 Å². The topological polar surface area (TPSA) is 43.2 Å². The summed E-state index contributed by atoms with van der Waals surface area (Å²) in [6, 6.07) is 6.38. The van der Waals surface area contributed by atoms with E-state index in [1.807, 2.05) is 18.2 Å². The van der Waals surface area contributed by atoms with E-state index in [1.54, 1.807) is 4.90 Å². The summed E-state index contributed by atoms with van der Waals surface area (Å²) >= 11 is 0. The Balaban J connectivity index is 1.39. The lowest BCUT2D eigenvalue weighted by Crippen LogP contribution is -3.12. The van der Waals surface area contributed by atoms with Crippen molar-refractivity contribution in [2.45, 2.75) is 51.1 Å². The first-order valence-corrected chi connectivity index (χ1v) is 9.32. The largest absolute Gasteiger partial charge is 0.454 e. The third-order valence-electron chi connectivity index (χ3n) is 5.38. The summed E-state index contributed by atoms with van der Waals surface area (Å²) in [5.41, 5.74) is 1.07. The molecule has 4 rings (SSSR count). The number of nitrogens with zero attached hydrogens (tertiary/aromatic N) is 1. The number of quaternary nitrogens is 1. The number of hydrogen-bond acceptors (Lipinski definition) is 3. The average Bonchev–Trinajstić information content (AvgIpc) is 3.34. The molecule has 0 radical (unpaired) electrons. The second-order valence-corrected chi connectivity index (χ2v) is 7.21. The van der Waals surface area contributed by atoms with Crippen molar-refractivity contribution in [1.29, 1.82) is 0 Å². The van der Waals surface area contributed by atoms with E-state index >= 15 is 0 Å². The van der Waals surface area contributed by atoms with E-state index in [-0.39, 0.29) is 6.79 Å². The highest BCUT2D eigenvalue weighted by Gasteiger charge is 2.34. The fraction of sp³-hybridized carbons (Fsp3) is 0.632. The molecule has 1 saturated heterocycles. The minimum Gasteiger partial charge on any atom is -0.454 e. The second-order valence-electron chi connectivity index (χ2n) is 7.21. The summed E-state index contributed by atoms with van der Waals surface area (Å²) in [6.07, 6.45) is 6.90. The van der Waals surface area contributed by atoms with E-state index in [4.69, 9.17) is 9.47 Å². The fourth-order valence-corrected chi connectivity index (χ4v) is 3.83. The van der Waals surface area contributed by atoms with Crippen LogP contribution in [0.4, 0.5) is 0 Å². The van der Waals surface area contributed by atoms with Crippen LogP contribution >= 0.6 is 0 Å². The summed E-state index contributed by atoms with van der Waals surface area (Å²) < 4.78 is 11.1. The highest BCUT2D eigenvalue weighted by molar-refractivity contribution is 5.77. The third-order valence-corrected chi connectivity index (χ3v) is 5.38. The van der Waals surface area contributed by atoms with Crippen LogP contribution in [0.2, 0.25) is 0 Å². The molecule has 130 valence electrons. The molecule has 0 aromatic heterocycles. The molecule has 1 amide bonds. The molecule has 2 heterocycles. The standard InChI is InChI=1S/C19H26N2O3/c22-18(9-12-20-10-2-1-3-11-20)21(16-7-8-16)13-15-5-4-6-17-19(15)24-14-23-17/h4-6,16H,1-3,7-14H2/p+1. The molecule has 0 atom stereocenters. The van der Waals surface area contributed by atoms with Crippen LogP contribution in [0.25, 0.3) is 0 Å². The molecule has 3 aliphatic rings. The normalized spacial score (nSPS) is 20.2. The molecule has 1 aromatic rings. The summed E-state index contributed by atoms with van der Waals surface area (Å²) in [4.78, 5) is 16.5. The summed E-state index contributed by atoms with van der Waals surface area (Å²) in [5, 5.41) is 0. The molecule has 5 nitrogen and oxygen atoms in total. The highest BCUT2D eigenvalue weighted by Crippen LogP contribution is 2.37. The van der Waals surface area contributed by atoms with Crippen molar-refractivity contribution in [3.63, 3.8) is 0 Å². The number of hydrogen-bond donors (Lipinski definition) is 1. The summed E-state index contributed by atoms with van der Waals surface area (Å²) in [6.45, 7) is 4.37. The Morgan fingerprint density at radius 1 is 1.17 bits per heavy atom. The predicted octanol–water partition coefficient (Wildman–Crippen LogP) is 1.37. The molecular formula is C19H27N2O3+. The van der Waals surface area contributed by atoms with E-state index in [1.165, 1.54) is 32.4 Å². The number of para-hydroxylation sites is 1. The van der Waals surface area contributed by atoms with Gasteiger partial charge in [0, 0.05) is 18.2 Å². The first-order chi connectivity index (χ1) is 11.8. The number of carbonyl (C=O) groups is 1. The number of carbonyl (C=O) groups excluding carboxylic acids is 1. The van der Waals surface area contributed by atoms with Gasteiger partial charge < -0.3 is 19.3 Å². The van der Waals surface area contributed by atoms with E-state index in [2.05, 4.69) is 4.90 Å². The van der Waals surface area contributed by atoms with Gasteiger partial charge in [-0.1, -0.05) is 12.1 Å². The van der Waals surface area contributed by atoms with Gasteiger partial charge in [-0.25, -0.2) is 0 Å². The van der Waals surface area contributed by atoms with Crippen LogP contribution in [0.5, 0.6) is 11.5 Å². The molecule has 2 fully saturated rings. The van der Waals surface area contributed by atoms with Gasteiger partial charge in [0.2, 0.25) is 12.7 Å². The van der Waals surface area contributed by atoms with Crippen molar-refractivity contribution < 1.29 is 19.2 Å². The lowest BCUT2D eigenvalue weighted by atomic mass is 10.1. The lowest BCUT2D eigenvalue weighted by Gasteiger charge is -2.26. The van der Waals surface area contributed by atoms with Crippen LogP contribution in [0, 0.1) is 0 Å². The number of fused-ring (bicyclic) bond motifs is 1. The van der Waals surface area contributed by atoms with Crippen molar-refractivity contribution in [2.75, 3.05) is 26.4 Å². The monoisotopic (exact) mass is 331 g/mol. The number of piperidine rings is 1. The Morgan fingerprint density at radius 2 is 2.00 bits per heavy atom. The third kappa shape index (κ3) is 3.51. The Bertz CT molecular complexity index is 594. The first kappa shape index (κ1) is 15.8. The molecule has 1 saturated carbocycles. The molecule has 1 aliphatic carbocycles.